The number of hydrogen-bond acceptors (Lipinski definition) is 9. The number of nitrogens with zero attached hydrogens (tertiary/aromatic N) is 4. The number of aromatic nitrogens is 4. The van der Waals surface area contributed by atoms with E-state index in [1.54, 1.807) is 0 Å². The van der Waals surface area contributed by atoms with E-state index in [1.807, 2.05) is 0 Å². The number of carboxylic acids is 1. The molecule has 12 heteroatoms. The van der Waals surface area contributed by atoms with Crippen LogP contribution in [0.15, 0.2) is 12.7 Å². The van der Waals surface area contributed by atoms with Gasteiger partial charge in [-0.05, 0) is 0 Å². The van der Waals surface area contributed by atoms with Crippen molar-refractivity contribution < 1.29 is 24.9 Å². The molecule has 1 aliphatic heterocycles. The molecule has 7 N–H and O–H groups in total. The zero-order valence-corrected chi connectivity index (χ0v) is 15.4. The summed E-state index contributed by atoms with van der Waals surface area (Å²) in [5.74, 6) is -0.807. The SMILES string of the molecule is Nc1ncnc2c1ncn2[C@H]1O[C@H](C[Se]CCC(N)C(=O)O)[C@@H](O)[C@H]1O. The molecule has 3 rings (SSSR count). The van der Waals surface area contributed by atoms with E-state index in [-0.39, 0.29) is 20.8 Å². The molecule has 1 aliphatic rings. The van der Waals surface area contributed by atoms with Crippen molar-refractivity contribution >= 4 is 37.9 Å². The Bertz CT molecular complexity index is 788. The Kier molecular flexibility index (Phi) is 5.70. The average Bonchev–Trinajstić information content (AvgIpc) is 3.15. The normalized spacial score (nSPS) is 27.0. The quantitative estimate of drug-likeness (QED) is 0.252. The molecule has 1 unspecified atom stereocenters. The number of anilines is 1. The molecule has 1 fully saturated rings. The van der Waals surface area contributed by atoms with Gasteiger partial charge in [-0.2, -0.15) is 0 Å². The van der Waals surface area contributed by atoms with Crippen LogP contribution in [0.1, 0.15) is 12.6 Å². The summed E-state index contributed by atoms with van der Waals surface area (Å²) in [5.41, 5.74) is 12.0. The zero-order chi connectivity index (χ0) is 18.8. The van der Waals surface area contributed by atoms with E-state index in [4.69, 9.17) is 21.3 Å². The number of rotatable bonds is 7. The first-order chi connectivity index (χ1) is 12.4. The van der Waals surface area contributed by atoms with Crippen molar-refractivity contribution in [1.82, 2.24) is 19.5 Å². The average molecular weight is 431 g/mol. The fourth-order valence-corrected chi connectivity index (χ4v) is 4.98. The number of hydrogen-bond donors (Lipinski definition) is 5. The topological polar surface area (TPSA) is 183 Å². The van der Waals surface area contributed by atoms with Gasteiger partial charge in [0.2, 0.25) is 0 Å². The van der Waals surface area contributed by atoms with Gasteiger partial charge in [0.05, 0.1) is 0 Å². The van der Waals surface area contributed by atoms with Gasteiger partial charge in [0, 0.05) is 0 Å². The van der Waals surface area contributed by atoms with Gasteiger partial charge in [-0.1, -0.05) is 0 Å². The van der Waals surface area contributed by atoms with Crippen LogP contribution in [0.5, 0.6) is 0 Å². The van der Waals surface area contributed by atoms with E-state index in [2.05, 4.69) is 15.0 Å². The maximum atomic E-state index is 10.7. The summed E-state index contributed by atoms with van der Waals surface area (Å²) in [7, 11) is 0. The Morgan fingerprint density at radius 1 is 1.35 bits per heavy atom. The number of nitrogens with two attached hydrogens (primary N) is 2. The van der Waals surface area contributed by atoms with Crippen LogP contribution in [0.3, 0.4) is 0 Å². The van der Waals surface area contributed by atoms with Crippen molar-refractivity contribution in [2.45, 2.75) is 47.6 Å². The first-order valence-corrected chi connectivity index (χ1v) is 10.3. The monoisotopic (exact) mass is 432 g/mol. The van der Waals surface area contributed by atoms with Gasteiger partial charge >= 0.3 is 154 Å². The molecule has 0 bridgehead atoms. The van der Waals surface area contributed by atoms with Crippen LogP contribution in [0.25, 0.3) is 11.2 Å². The number of nitrogen functional groups attached to an aromatic ring is 1. The number of carboxylic acid groups (broad SMARTS) is 1. The van der Waals surface area contributed by atoms with E-state index in [1.165, 1.54) is 17.2 Å². The van der Waals surface area contributed by atoms with E-state index >= 15 is 0 Å². The number of aliphatic hydroxyl groups is 2. The van der Waals surface area contributed by atoms with Gasteiger partial charge in [0.15, 0.2) is 0 Å². The number of aliphatic carboxylic acids is 1. The third-order valence-electron chi connectivity index (χ3n) is 4.17. The van der Waals surface area contributed by atoms with Crippen LogP contribution >= 0.6 is 0 Å². The molecule has 11 nitrogen and oxygen atoms in total. The molecule has 0 amide bonds. The Balaban J connectivity index is 1.64. The molecule has 2 aromatic heterocycles. The predicted molar refractivity (Wildman–Crippen MR) is 91.3 cm³/mol. The Labute approximate surface area is 154 Å². The number of ether oxygens (including phenoxy) is 1. The van der Waals surface area contributed by atoms with Crippen molar-refractivity contribution in [3.05, 3.63) is 12.7 Å². The Morgan fingerprint density at radius 2 is 2.12 bits per heavy atom. The summed E-state index contributed by atoms with van der Waals surface area (Å²) in [6, 6.07) is -0.882. The van der Waals surface area contributed by atoms with E-state index < -0.39 is 36.6 Å². The van der Waals surface area contributed by atoms with Crippen molar-refractivity contribution in [1.29, 1.82) is 0 Å². The van der Waals surface area contributed by atoms with Crippen LogP contribution in [0, 0.1) is 0 Å². The van der Waals surface area contributed by atoms with Gasteiger partial charge < -0.3 is 0 Å². The molecule has 5 atom stereocenters. The molecule has 1 saturated heterocycles. The fourth-order valence-electron chi connectivity index (χ4n) is 2.69. The molecule has 0 aromatic carbocycles. The van der Waals surface area contributed by atoms with Crippen LogP contribution in [0.2, 0.25) is 10.6 Å². The second kappa shape index (κ2) is 7.82. The molecule has 0 saturated carbocycles. The fraction of sp³-hybridized carbons (Fsp3) is 0.571. The molecule has 0 radical (unpaired) electrons. The molecule has 142 valence electrons. The molecule has 2 aromatic rings. The summed E-state index contributed by atoms with van der Waals surface area (Å²) in [5, 5.41) is 30.6. The number of fused-ring (bicyclic) bond motifs is 1. The number of carbonyl (C=O) groups is 1. The summed E-state index contributed by atoms with van der Waals surface area (Å²) in [6.45, 7) is 0. The van der Waals surface area contributed by atoms with Crippen LogP contribution < -0.4 is 11.5 Å². The molecular formula is C14H20N6O5Se. The zero-order valence-electron chi connectivity index (χ0n) is 13.7. The van der Waals surface area contributed by atoms with Crippen molar-refractivity contribution in [2.24, 2.45) is 5.73 Å². The Hall–Kier alpha value is -1.82. The number of imidazole rings is 1. The molecular weight excluding hydrogens is 411 g/mol. The molecule has 0 aliphatic carbocycles. The maximum absolute atomic E-state index is 10.7. The summed E-state index contributed by atoms with van der Waals surface area (Å²) >= 11 is 0.0247. The standard InChI is InChI=1S/C14H20N6O5Se/c15-6(14(23)24)1-2-26-3-7-9(21)10(22)13(25-7)20-5-19-8-11(16)17-4-18-12(8)20/h4-7,9-10,13,21-22H,1-3,15H2,(H,23,24)(H2,16,17,18)/t6?,7-,9-,10-,13+/m1/s1. The van der Waals surface area contributed by atoms with E-state index in [9.17, 15) is 15.0 Å². The summed E-state index contributed by atoms with van der Waals surface area (Å²) in [6.07, 6.45) is -0.515. The third-order valence-corrected chi connectivity index (χ3v) is 6.45. The summed E-state index contributed by atoms with van der Waals surface area (Å²) < 4.78 is 7.35. The Morgan fingerprint density at radius 3 is 2.85 bits per heavy atom. The minimum absolute atomic E-state index is 0.0247. The second-order valence-corrected chi connectivity index (χ2v) is 8.35. The van der Waals surface area contributed by atoms with Crippen molar-refractivity contribution in [3.8, 4) is 0 Å². The van der Waals surface area contributed by atoms with Gasteiger partial charge in [-0.15, -0.1) is 0 Å². The molecule has 3 heterocycles. The van der Waals surface area contributed by atoms with Gasteiger partial charge in [0.1, 0.15) is 0 Å². The number of aliphatic hydroxyl groups excluding tert-OH is 2. The first-order valence-electron chi connectivity index (χ1n) is 7.91. The van der Waals surface area contributed by atoms with E-state index in [0.717, 1.165) is 0 Å². The van der Waals surface area contributed by atoms with Crippen molar-refractivity contribution in [3.63, 3.8) is 0 Å². The van der Waals surface area contributed by atoms with Gasteiger partial charge in [-0.3, -0.25) is 0 Å². The second-order valence-electron chi connectivity index (χ2n) is 5.94. The van der Waals surface area contributed by atoms with Gasteiger partial charge in [-0.25, -0.2) is 0 Å². The summed E-state index contributed by atoms with van der Waals surface area (Å²) in [4.78, 5) is 22.8. The van der Waals surface area contributed by atoms with Crippen molar-refractivity contribution in [2.75, 3.05) is 5.73 Å². The van der Waals surface area contributed by atoms with Crippen LogP contribution in [-0.4, -0.2) is 80.1 Å². The van der Waals surface area contributed by atoms with Gasteiger partial charge in [0.25, 0.3) is 0 Å². The molecule has 26 heavy (non-hydrogen) atoms. The predicted octanol–water partition coefficient (Wildman–Crippen LogP) is -1.63. The van der Waals surface area contributed by atoms with Crippen LogP contribution in [0.4, 0.5) is 5.82 Å². The first kappa shape index (κ1) is 19.0. The van der Waals surface area contributed by atoms with E-state index in [0.29, 0.717) is 28.2 Å². The van der Waals surface area contributed by atoms with Crippen LogP contribution in [-0.2, 0) is 9.53 Å². The molecule has 0 spiro atoms. The third kappa shape index (κ3) is 3.65. The minimum atomic E-state index is -1.15.